The Bertz CT molecular complexity index is 436. The minimum atomic E-state index is -2.73. The average Bonchev–Trinajstić information content (AvgIpc) is 2.92. The fraction of sp³-hybridized carbons (Fsp3) is 0.600. The maximum Gasteiger partial charge on any atom is 0.288 e. The predicted molar refractivity (Wildman–Crippen MR) is 68.0 cm³/mol. The lowest BCUT2D eigenvalue weighted by atomic mass is 9.88. The van der Waals surface area contributed by atoms with Gasteiger partial charge in [0.15, 0.2) is 0 Å². The van der Waals surface area contributed by atoms with Crippen LogP contribution in [0, 0.1) is 0 Å². The van der Waals surface area contributed by atoms with Gasteiger partial charge in [-0.2, -0.15) is 8.78 Å². The molecule has 98 valence electrons. The topological polar surface area (TPSA) is 12.0 Å². The van der Waals surface area contributed by atoms with Crippen molar-refractivity contribution in [1.29, 1.82) is 0 Å². The number of benzene rings is 1. The summed E-state index contributed by atoms with van der Waals surface area (Å²) in [5.41, 5.74) is 2.60. The van der Waals surface area contributed by atoms with Gasteiger partial charge in [0.05, 0.1) is 6.04 Å². The molecule has 1 N–H and O–H groups in total. The molecule has 18 heavy (non-hydrogen) atoms. The second kappa shape index (κ2) is 4.61. The van der Waals surface area contributed by atoms with Gasteiger partial charge in [0.2, 0.25) is 0 Å². The van der Waals surface area contributed by atoms with Crippen molar-refractivity contribution < 1.29 is 8.78 Å². The molecule has 0 spiro atoms. The maximum atomic E-state index is 14.4. The van der Waals surface area contributed by atoms with Crippen molar-refractivity contribution in [3.05, 3.63) is 34.9 Å². The maximum absolute atomic E-state index is 14.4. The first-order chi connectivity index (χ1) is 8.68. The number of halogens is 2. The van der Waals surface area contributed by atoms with Crippen LogP contribution in [0.5, 0.6) is 0 Å². The molecule has 2 aliphatic rings. The molecule has 1 aromatic carbocycles. The summed E-state index contributed by atoms with van der Waals surface area (Å²) in [5, 5.41) is 2.93. The smallest absolute Gasteiger partial charge is 0.288 e. The SMILES string of the molecule is FC(F)(c1ccc2c(c1)CCCC2)C1CCCN1. The van der Waals surface area contributed by atoms with Gasteiger partial charge in [-0.1, -0.05) is 12.1 Å². The van der Waals surface area contributed by atoms with Gasteiger partial charge < -0.3 is 5.32 Å². The van der Waals surface area contributed by atoms with Crippen molar-refractivity contribution in [1.82, 2.24) is 5.32 Å². The lowest BCUT2D eigenvalue weighted by Crippen LogP contribution is -2.38. The normalized spacial score (nSPS) is 24.0. The van der Waals surface area contributed by atoms with E-state index in [1.807, 2.05) is 6.07 Å². The van der Waals surface area contributed by atoms with E-state index in [9.17, 15) is 8.78 Å². The number of hydrogen-bond donors (Lipinski definition) is 1. The molecule has 3 rings (SSSR count). The zero-order chi connectivity index (χ0) is 12.6. The van der Waals surface area contributed by atoms with E-state index in [1.165, 1.54) is 12.0 Å². The van der Waals surface area contributed by atoms with Crippen LogP contribution in [0.2, 0.25) is 0 Å². The van der Waals surface area contributed by atoms with Gasteiger partial charge in [-0.05, 0) is 62.3 Å². The molecule has 1 heterocycles. The Kier molecular flexibility index (Phi) is 3.10. The van der Waals surface area contributed by atoms with Crippen LogP contribution in [-0.4, -0.2) is 12.6 Å². The molecule has 0 bridgehead atoms. The van der Waals surface area contributed by atoms with E-state index >= 15 is 0 Å². The van der Waals surface area contributed by atoms with Crippen LogP contribution < -0.4 is 5.32 Å². The van der Waals surface area contributed by atoms with E-state index in [1.54, 1.807) is 12.1 Å². The second-order valence-corrected chi connectivity index (χ2v) is 5.46. The van der Waals surface area contributed by atoms with E-state index < -0.39 is 12.0 Å². The van der Waals surface area contributed by atoms with Crippen molar-refractivity contribution in [2.45, 2.75) is 50.5 Å². The molecule has 1 fully saturated rings. The Balaban J connectivity index is 1.91. The van der Waals surface area contributed by atoms with Crippen molar-refractivity contribution in [2.75, 3.05) is 6.54 Å². The fourth-order valence-electron chi connectivity index (χ4n) is 3.14. The third kappa shape index (κ3) is 2.05. The molecule has 0 aromatic heterocycles. The number of alkyl halides is 2. The molecular formula is C15H19F2N. The Hall–Kier alpha value is -0.960. The van der Waals surface area contributed by atoms with Crippen LogP contribution in [0.15, 0.2) is 18.2 Å². The van der Waals surface area contributed by atoms with Gasteiger partial charge in [-0.3, -0.25) is 0 Å². The molecule has 1 aromatic rings. The molecule has 1 aliphatic carbocycles. The zero-order valence-corrected chi connectivity index (χ0v) is 10.5. The lowest BCUT2D eigenvalue weighted by Gasteiger charge is -2.25. The fourth-order valence-corrected chi connectivity index (χ4v) is 3.14. The quantitative estimate of drug-likeness (QED) is 0.849. The van der Waals surface area contributed by atoms with Gasteiger partial charge in [0.25, 0.3) is 5.92 Å². The number of rotatable bonds is 2. The monoisotopic (exact) mass is 251 g/mol. The summed E-state index contributed by atoms with van der Waals surface area (Å²) >= 11 is 0. The summed E-state index contributed by atoms with van der Waals surface area (Å²) in [6, 6.07) is 4.60. The highest BCUT2D eigenvalue weighted by Gasteiger charge is 2.42. The Morgan fingerprint density at radius 2 is 1.83 bits per heavy atom. The minimum Gasteiger partial charge on any atom is -0.308 e. The van der Waals surface area contributed by atoms with E-state index in [4.69, 9.17) is 0 Å². The molecule has 0 saturated carbocycles. The standard InChI is InChI=1S/C15H19F2N/c16-15(17,14-6-3-9-18-14)13-8-7-11-4-1-2-5-12(11)10-13/h7-8,10,14,18H,1-6,9H2. The Morgan fingerprint density at radius 3 is 2.56 bits per heavy atom. The molecule has 0 radical (unpaired) electrons. The average molecular weight is 251 g/mol. The van der Waals surface area contributed by atoms with Crippen LogP contribution in [0.3, 0.4) is 0 Å². The highest BCUT2D eigenvalue weighted by Crippen LogP contribution is 2.37. The van der Waals surface area contributed by atoms with Crippen molar-refractivity contribution >= 4 is 0 Å². The number of aryl methyl sites for hydroxylation is 2. The lowest BCUT2D eigenvalue weighted by molar-refractivity contribution is -0.0377. The summed E-state index contributed by atoms with van der Waals surface area (Å²) in [6.07, 6.45) is 5.74. The van der Waals surface area contributed by atoms with Gasteiger partial charge >= 0.3 is 0 Å². The molecule has 1 saturated heterocycles. The molecule has 3 heteroatoms. The minimum absolute atomic E-state index is 0.197. The van der Waals surface area contributed by atoms with Gasteiger partial charge in [0, 0.05) is 5.56 Å². The van der Waals surface area contributed by atoms with E-state index in [0.717, 1.165) is 31.2 Å². The van der Waals surface area contributed by atoms with Crippen LogP contribution in [0.25, 0.3) is 0 Å². The largest absolute Gasteiger partial charge is 0.308 e. The Labute approximate surface area is 107 Å². The first kappa shape index (κ1) is 12.1. The molecular weight excluding hydrogens is 232 g/mol. The number of fused-ring (bicyclic) bond motifs is 1. The zero-order valence-electron chi connectivity index (χ0n) is 10.5. The summed E-state index contributed by atoms with van der Waals surface area (Å²) in [6.45, 7) is 0.713. The number of nitrogens with one attached hydrogen (secondary N) is 1. The van der Waals surface area contributed by atoms with E-state index in [0.29, 0.717) is 13.0 Å². The highest BCUT2D eigenvalue weighted by molar-refractivity contribution is 5.36. The summed E-state index contributed by atoms with van der Waals surface area (Å²) in [7, 11) is 0. The first-order valence-electron chi connectivity index (χ1n) is 6.91. The van der Waals surface area contributed by atoms with Crippen LogP contribution in [0.4, 0.5) is 8.78 Å². The third-order valence-electron chi connectivity index (χ3n) is 4.23. The van der Waals surface area contributed by atoms with Gasteiger partial charge in [-0.15, -0.1) is 0 Å². The van der Waals surface area contributed by atoms with Crippen molar-refractivity contribution in [3.8, 4) is 0 Å². The summed E-state index contributed by atoms with van der Waals surface area (Å²) in [4.78, 5) is 0. The summed E-state index contributed by atoms with van der Waals surface area (Å²) in [5.74, 6) is -2.73. The predicted octanol–water partition coefficient (Wildman–Crippen LogP) is 3.41. The van der Waals surface area contributed by atoms with Crippen molar-refractivity contribution in [2.24, 2.45) is 0 Å². The van der Waals surface area contributed by atoms with Crippen LogP contribution in [-0.2, 0) is 18.8 Å². The van der Waals surface area contributed by atoms with E-state index in [-0.39, 0.29) is 5.56 Å². The van der Waals surface area contributed by atoms with Gasteiger partial charge in [0.1, 0.15) is 0 Å². The van der Waals surface area contributed by atoms with Crippen molar-refractivity contribution in [3.63, 3.8) is 0 Å². The Morgan fingerprint density at radius 1 is 1.06 bits per heavy atom. The van der Waals surface area contributed by atoms with Crippen LogP contribution in [0.1, 0.15) is 42.4 Å². The molecule has 1 nitrogen and oxygen atoms in total. The van der Waals surface area contributed by atoms with E-state index in [2.05, 4.69) is 5.32 Å². The molecule has 1 atom stereocenters. The summed E-state index contributed by atoms with van der Waals surface area (Å²) < 4.78 is 28.7. The first-order valence-corrected chi connectivity index (χ1v) is 6.91. The molecule has 1 aliphatic heterocycles. The molecule has 1 unspecified atom stereocenters. The third-order valence-corrected chi connectivity index (χ3v) is 4.23. The molecule has 0 amide bonds. The highest BCUT2D eigenvalue weighted by atomic mass is 19.3. The second-order valence-electron chi connectivity index (χ2n) is 5.46. The number of hydrogen-bond acceptors (Lipinski definition) is 1. The van der Waals surface area contributed by atoms with Crippen LogP contribution >= 0.6 is 0 Å². The van der Waals surface area contributed by atoms with Gasteiger partial charge in [-0.25, -0.2) is 0 Å².